The molecule has 0 aromatic carbocycles. The lowest BCUT2D eigenvalue weighted by Gasteiger charge is -2.18. The van der Waals surface area contributed by atoms with Gasteiger partial charge in [0, 0.05) is 19.3 Å². The van der Waals surface area contributed by atoms with Gasteiger partial charge >= 0.3 is 17.9 Å². The minimum absolute atomic E-state index is 0.0788. The fraction of sp³-hybridized carbons (Fsp3) is 0.831. The summed E-state index contributed by atoms with van der Waals surface area (Å²) in [5.74, 6) is -0.885. The third-order valence-electron chi connectivity index (χ3n) is 13.8. The number of carbonyl (C=O) groups excluding carboxylic acids is 3. The van der Waals surface area contributed by atoms with E-state index in [2.05, 4.69) is 69.4 Å². The van der Waals surface area contributed by atoms with Crippen molar-refractivity contribution in [2.75, 3.05) is 13.2 Å². The summed E-state index contributed by atoms with van der Waals surface area (Å²) in [7, 11) is 0. The van der Waals surface area contributed by atoms with Crippen molar-refractivity contribution < 1.29 is 28.6 Å². The highest BCUT2D eigenvalue weighted by Gasteiger charge is 2.19. The lowest BCUT2D eigenvalue weighted by molar-refractivity contribution is -0.167. The summed E-state index contributed by atoms with van der Waals surface area (Å²) in [5, 5.41) is 0. The smallest absolute Gasteiger partial charge is 0.306 e. The zero-order valence-electron chi connectivity index (χ0n) is 47.5. The summed E-state index contributed by atoms with van der Waals surface area (Å²) in [6.45, 7) is 6.55. The molecular weight excluding hydrogens is 877 g/mol. The third-order valence-corrected chi connectivity index (χ3v) is 13.8. The number of carbonyl (C=O) groups is 3. The highest BCUT2D eigenvalue weighted by atomic mass is 16.6. The van der Waals surface area contributed by atoms with E-state index in [0.29, 0.717) is 19.3 Å². The van der Waals surface area contributed by atoms with Gasteiger partial charge in [0.1, 0.15) is 13.2 Å². The topological polar surface area (TPSA) is 78.9 Å². The van der Waals surface area contributed by atoms with Crippen molar-refractivity contribution in [2.24, 2.45) is 0 Å². The van der Waals surface area contributed by atoms with Crippen LogP contribution in [0.15, 0.2) is 48.6 Å². The molecule has 0 aromatic heterocycles. The van der Waals surface area contributed by atoms with Crippen molar-refractivity contribution in [3.05, 3.63) is 48.6 Å². The monoisotopic (exact) mass is 995 g/mol. The maximum atomic E-state index is 12.9. The molecule has 0 spiro atoms. The summed E-state index contributed by atoms with van der Waals surface area (Å²) >= 11 is 0. The first-order valence-electron chi connectivity index (χ1n) is 31.1. The van der Waals surface area contributed by atoms with Crippen LogP contribution in [0.5, 0.6) is 0 Å². The van der Waals surface area contributed by atoms with Crippen LogP contribution in [0.25, 0.3) is 0 Å². The Bertz CT molecular complexity index is 1230. The van der Waals surface area contributed by atoms with Crippen LogP contribution < -0.4 is 0 Å². The van der Waals surface area contributed by atoms with Crippen LogP contribution in [0.3, 0.4) is 0 Å². The molecule has 0 aliphatic heterocycles. The Hall–Kier alpha value is -2.63. The highest BCUT2D eigenvalue weighted by Crippen LogP contribution is 2.18. The van der Waals surface area contributed by atoms with E-state index in [1.54, 1.807) is 0 Å². The second-order valence-corrected chi connectivity index (χ2v) is 21.0. The van der Waals surface area contributed by atoms with Gasteiger partial charge in [-0.2, -0.15) is 0 Å². The minimum Gasteiger partial charge on any atom is -0.462 e. The molecule has 6 heteroatoms. The van der Waals surface area contributed by atoms with Crippen molar-refractivity contribution in [1.82, 2.24) is 0 Å². The molecule has 0 heterocycles. The van der Waals surface area contributed by atoms with Crippen LogP contribution in [0.4, 0.5) is 0 Å². The van der Waals surface area contributed by atoms with Crippen LogP contribution in [0.2, 0.25) is 0 Å². The molecule has 0 bridgehead atoms. The molecule has 0 amide bonds. The molecule has 1 atom stereocenters. The number of hydrogen-bond donors (Lipinski definition) is 0. The molecule has 1 unspecified atom stereocenters. The molecule has 0 aliphatic rings. The van der Waals surface area contributed by atoms with Gasteiger partial charge in [-0.25, -0.2) is 0 Å². The van der Waals surface area contributed by atoms with Gasteiger partial charge in [0.25, 0.3) is 0 Å². The van der Waals surface area contributed by atoms with Gasteiger partial charge in [-0.1, -0.05) is 301 Å². The summed E-state index contributed by atoms with van der Waals surface area (Å²) in [5.41, 5.74) is 0. The summed E-state index contributed by atoms with van der Waals surface area (Å²) in [4.78, 5) is 38.2. The number of ether oxygens (including phenoxy) is 3. The molecule has 71 heavy (non-hydrogen) atoms. The van der Waals surface area contributed by atoms with E-state index in [4.69, 9.17) is 14.2 Å². The Labute approximate surface area is 441 Å². The van der Waals surface area contributed by atoms with Gasteiger partial charge < -0.3 is 14.2 Å². The molecule has 0 aromatic rings. The summed E-state index contributed by atoms with van der Waals surface area (Å²) < 4.78 is 16.9. The van der Waals surface area contributed by atoms with Gasteiger partial charge in [0.2, 0.25) is 0 Å². The molecular formula is C65H118O6. The largest absolute Gasteiger partial charge is 0.462 e. The normalized spacial score (nSPS) is 12.3. The van der Waals surface area contributed by atoms with Gasteiger partial charge in [-0.15, -0.1) is 0 Å². The Morgan fingerprint density at radius 1 is 0.296 bits per heavy atom. The highest BCUT2D eigenvalue weighted by molar-refractivity contribution is 5.71. The van der Waals surface area contributed by atoms with Gasteiger partial charge in [-0.05, 0) is 57.8 Å². The Balaban J connectivity index is 4.23. The lowest BCUT2D eigenvalue weighted by atomic mass is 10.0. The van der Waals surface area contributed by atoms with E-state index >= 15 is 0 Å². The predicted octanol–water partition coefficient (Wildman–Crippen LogP) is 21.0. The standard InChI is InChI=1S/C65H118O6/c1-4-7-10-13-16-19-22-24-26-28-29-30-31-32-33-34-35-37-38-40-43-46-49-52-55-58-64(67)70-61-62(60-69-63(66)57-54-51-48-45-42-21-18-15-12-9-6-3)71-65(68)59-56-53-50-47-44-41-39-36-27-25-23-20-17-14-11-8-5-2/h8,11,17,20,25,27,39,41,62H,4-7,9-10,12-16,18-19,21-24,26,28-38,40,42-61H2,1-3H3/b11-8-,20-17-,27-25-,41-39-. The zero-order chi connectivity index (χ0) is 51.4. The van der Waals surface area contributed by atoms with Gasteiger partial charge in [-0.3, -0.25) is 14.4 Å². The molecule has 0 N–H and O–H groups in total. The number of unbranched alkanes of at least 4 members (excludes halogenated alkanes) is 38. The first kappa shape index (κ1) is 68.4. The Kier molecular flexibility index (Phi) is 57.7. The van der Waals surface area contributed by atoms with Crippen LogP contribution in [-0.2, 0) is 28.6 Å². The number of allylic oxidation sites excluding steroid dienone is 8. The van der Waals surface area contributed by atoms with Crippen LogP contribution in [0, 0.1) is 0 Å². The maximum Gasteiger partial charge on any atom is 0.306 e. The SMILES string of the molecule is CC/C=C\C/C=C\C/C=C\C/C=C\CCCCCCC(=O)OC(COC(=O)CCCCCCCCCCCCC)COC(=O)CCCCCCCCCCCCCCCCCCCCCCCCCCC. The first-order valence-corrected chi connectivity index (χ1v) is 31.1. The fourth-order valence-electron chi connectivity index (χ4n) is 9.20. The molecule has 0 rings (SSSR count). The molecule has 0 aliphatic carbocycles. The van der Waals surface area contributed by atoms with Crippen molar-refractivity contribution in [3.63, 3.8) is 0 Å². The zero-order valence-corrected chi connectivity index (χ0v) is 47.5. The number of hydrogen-bond acceptors (Lipinski definition) is 6. The molecule has 0 saturated carbocycles. The van der Waals surface area contributed by atoms with Crippen LogP contribution in [0.1, 0.15) is 329 Å². The van der Waals surface area contributed by atoms with E-state index in [9.17, 15) is 14.4 Å². The molecule has 414 valence electrons. The van der Waals surface area contributed by atoms with Gasteiger partial charge in [0.15, 0.2) is 6.10 Å². The first-order chi connectivity index (χ1) is 35.0. The van der Waals surface area contributed by atoms with Crippen LogP contribution in [-0.4, -0.2) is 37.2 Å². The maximum absolute atomic E-state index is 12.9. The van der Waals surface area contributed by atoms with E-state index < -0.39 is 6.10 Å². The average molecular weight is 996 g/mol. The number of rotatable bonds is 57. The second kappa shape index (κ2) is 59.9. The predicted molar refractivity (Wildman–Crippen MR) is 307 cm³/mol. The molecule has 6 nitrogen and oxygen atoms in total. The third kappa shape index (κ3) is 58.1. The van der Waals surface area contributed by atoms with E-state index in [-0.39, 0.29) is 31.1 Å². The fourth-order valence-corrected chi connectivity index (χ4v) is 9.20. The number of esters is 3. The quantitative estimate of drug-likeness (QED) is 0.0261. The van der Waals surface area contributed by atoms with Gasteiger partial charge in [0.05, 0.1) is 0 Å². The second-order valence-electron chi connectivity index (χ2n) is 21.0. The van der Waals surface area contributed by atoms with Crippen molar-refractivity contribution in [3.8, 4) is 0 Å². The van der Waals surface area contributed by atoms with Crippen molar-refractivity contribution >= 4 is 17.9 Å². The Morgan fingerprint density at radius 2 is 0.549 bits per heavy atom. The van der Waals surface area contributed by atoms with Crippen molar-refractivity contribution in [2.45, 2.75) is 335 Å². The van der Waals surface area contributed by atoms with Crippen LogP contribution >= 0.6 is 0 Å². The minimum atomic E-state index is -0.782. The summed E-state index contributed by atoms with van der Waals surface area (Å²) in [6.07, 6.45) is 74.1. The molecule has 0 radical (unpaired) electrons. The van der Waals surface area contributed by atoms with E-state index in [1.165, 1.54) is 193 Å². The van der Waals surface area contributed by atoms with E-state index in [1.807, 2.05) is 0 Å². The average Bonchev–Trinajstić information content (AvgIpc) is 3.37. The summed E-state index contributed by atoms with van der Waals surface area (Å²) in [6, 6.07) is 0. The Morgan fingerprint density at radius 3 is 0.859 bits per heavy atom. The molecule has 0 saturated heterocycles. The van der Waals surface area contributed by atoms with E-state index in [0.717, 1.165) is 96.3 Å². The lowest BCUT2D eigenvalue weighted by Crippen LogP contribution is -2.30. The molecule has 0 fully saturated rings. The van der Waals surface area contributed by atoms with Crippen molar-refractivity contribution in [1.29, 1.82) is 0 Å².